The third kappa shape index (κ3) is 5.89. The van der Waals surface area contributed by atoms with Gasteiger partial charge in [-0.15, -0.1) is 10.2 Å². The number of rotatable bonds is 9. The molecule has 1 aromatic heterocycles. The Balaban J connectivity index is 1.63. The van der Waals surface area contributed by atoms with E-state index in [2.05, 4.69) is 15.5 Å². The summed E-state index contributed by atoms with van der Waals surface area (Å²) in [6.45, 7) is 4.47. The van der Waals surface area contributed by atoms with E-state index < -0.39 is 5.82 Å². The Morgan fingerprint density at radius 1 is 1.26 bits per heavy atom. The largest absolute Gasteiger partial charge is 0.497 e. The molecule has 10 heteroatoms. The second kappa shape index (κ2) is 10.5. The quantitative estimate of drug-likeness (QED) is 0.450. The molecule has 1 heterocycles. The molecule has 1 N–H and O–H groups in total. The molecule has 0 fully saturated rings. The number of anilines is 1. The van der Waals surface area contributed by atoms with Crippen molar-refractivity contribution in [3.05, 3.63) is 59.1 Å². The topological polar surface area (TPSA) is 78.3 Å². The van der Waals surface area contributed by atoms with E-state index in [9.17, 15) is 9.18 Å². The Morgan fingerprint density at radius 2 is 2.03 bits per heavy atom. The molecule has 1 atom stereocenters. The standard InChI is InChI=1S/C21H22ClFN4O3S/c1-4-27-20(13(2)30-16-7-5-6-15(11-16)29-3)25-26-21(27)31-12-19(28)24-14-8-9-18(23)17(22)10-14/h5-11,13H,4,12H2,1-3H3,(H,24,28). The highest BCUT2D eigenvalue weighted by Crippen LogP contribution is 2.27. The number of halogens is 2. The third-order valence-electron chi connectivity index (χ3n) is 4.32. The first-order valence-electron chi connectivity index (χ1n) is 9.52. The van der Waals surface area contributed by atoms with Crippen molar-refractivity contribution in [2.75, 3.05) is 18.2 Å². The average molecular weight is 465 g/mol. The maximum absolute atomic E-state index is 13.2. The van der Waals surface area contributed by atoms with E-state index >= 15 is 0 Å². The Kier molecular flexibility index (Phi) is 7.75. The van der Waals surface area contributed by atoms with Gasteiger partial charge < -0.3 is 19.4 Å². The van der Waals surface area contributed by atoms with E-state index in [0.29, 0.717) is 34.7 Å². The summed E-state index contributed by atoms with van der Waals surface area (Å²) in [4.78, 5) is 12.3. The fraction of sp³-hybridized carbons (Fsp3) is 0.286. The van der Waals surface area contributed by atoms with Gasteiger partial charge in [-0.2, -0.15) is 0 Å². The van der Waals surface area contributed by atoms with Crippen molar-refractivity contribution >= 4 is 35.0 Å². The molecular formula is C21H22ClFN4O3S. The van der Waals surface area contributed by atoms with Crippen LogP contribution in [0.5, 0.6) is 11.5 Å². The van der Waals surface area contributed by atoms with Crippen LogP contribution in [0.15, 0.2) is 47.6 Å². The van der Waals surface area contributed by atoms with Gasteiger partial charge in [-0.1, -0.05) is 29.4 Å². The van der Waals surface area contributed by atoms with E-state index in [-0.39, 0.29) is 22.8 Å². The zero-order chi connectivity index (χ0) is 22.4. The molecule has 0 saturated carbocycles. The molecule has 3 aromatic rings. The first-order chi connectivity index (χ1) is 14.9. The van der Waals surface area contributed by atoms with E-state index in [1.165, 1.54) is 30.0 Å². The molecular weight excluding hydrogens is 443 g/mol. The minimum absolute atomic E-state index is 0.0501. The maximum atomic E-state index is 13.2. The van der Waals surface area contributed by atoms with Crippen molar-refractivity contribution in [3.63, 3.8) is 0 Å². The Morgan fingerprint density at radius 3 is 2.74 bits per heavy atom. The molecule has 0 aliphatic heterocycles. The smallest absolute Gasteiger partial charge is 0.234 e. The van der Waals surface area contributed by atoms with Crippen LogP contribution in [0.1, 0.15) is 25.8 Å². The van der Waals surface area contributed by atoms with E-state index in [1.54, 1.807) is 13.2 Å². The number of aromatic nitrogens is 3. The lowest BCUT2D eigenvalue weighted by molar-refractivity contribution is -0.113. The van der Waals surface area contributed by atoms with E-state index in [0.717, 1.165) is 0 Å². The lowest BCUT2D eigenvalue weighted by atomic mass is 10.3. The molecule has 0 radical (unpaired) electrons. The van der Waals surface area contributed by atoms with Crippen LogP contribution in [0.2, 0.25) is 5.02 Å². The molecule has 1 unspecified atom stereocenters. The average Bonchev–Trinajstić information content (AvgIpc) is 3.18. The third-order valence-corrected chi connectivity index (χ3v) is 5.57. The van der Waals surface area contributed by atoms with Crippen LogP contribution in [0.3, 0.4) is 0 Å². The SMILES string of the molecule is CCn1c(SCC(=O)Nc2ccc(F)c(Cl)c2)nnc1C(C)Oc1cccc(OC)c1. The Bertz CT molecular complexity index is 1060. The molecule has 7 nitrogen and oxygen atoms in total. The lowest BCUT2D eigenvalue weighted by Crippen LogP contribution is -2.15. The highest BCUT2D eigenvalue weighted by atomic mass is 35.5. The summed E-state index contributed by atoms with van der Waals surface area (Å²) in [7, 11) is 1.60. The summed E-state index contributed by atoms with van der Waals surface area (Å²) in [5, 5.41) is 11.7. The molecule has 1 amide bonds. The van der Waals surface area contributed by atoms with Crippen LogP contribution >= 0.6 is 23.4 Å². The molecule has 0 bridgehead atoms. The van der Waals surface area contributed by atoms with Gasteiger partial charge in [-0.25, -0.2) is 4.39 Å². The number of thioether (sulfide) groups is 1. The number of hydrogen-bond acceptors (Lipinski definition) is 6. The van der Waals surface area contributed by atoms with E-state index in [1.807, 2.05) is 36.6 Å². The van der Waals surface area contributed by atoms with Crippen molar-refractivity contribution < 1.29 is 18.7 Å². The van der Waals surface area contributed by atoms with Crippen LogP contribution < -0.4 is 14.8 Å². The number of methoxy groups -OCH3 is 1. The molecule has 0 spiro atoms. The number of amides is 1. The summed E-state index contributed by atoms with van der Waals surface area (Å²) in [6.07, 6.45) is -0.357. The summed E-state index contributed by atoms with van der Waals surface area (Å²) in [5.74, 6) is 1.32. The highest BCUT2D eigenvalue weighted by Gasteiger charge is 2.19. The Hall–Kier alpha value is -2.78. The number of carbonyl (C=O) groups excluding carboxylic acids is 1. The predicted octanol–water partition coefficient (Wildman–Crippen LogP) is 4.97. The number of carbonyl (C=O) groups is 1. The van der Waals surface area contributed by atoms with Crippen LogP contribution in [-0.2, 0) is 11.3 Å². The first-order valence-corrected chi connectivity index (χ1v) is 10.9. The maximum Gasteiger partial charge on any atom is 0.234 e. The van der Waals surface area contributed by atoms with Crippen molar-refractivity contribution in [1.82, 2.24) is 14.8 Å². The lowest BCUT2D eigenvalue weighted by Gasteiger charge is -2.16. The van der Waals surface area contributed by atoms with Gasteiger partial charge in [-0.3, -0.25) is 4.79 Å². The molecule has 3 rings (SSSR count). The Labute approximate surface area is 188 Å². The van der Waals surface area contributed by atoms with Crippen LogP contribution in [-0.4, -0.2) is 33.5 Å². The van der Waals surface area contributed by atoms with Gasteiger partial charge in [0.25, 0.3) is 0 Å². The molecule has 164 valence electrons. The molecule has 0 saturated heterocycles. The second-order valence-corrected chi connectivity index (χ2v) is 7.84. The molecule has 2 aromatic carbocycles. The van der Waals surface area contributed by atoms with Gasteiger partial charge in [0, 0.05) is 18.3 Å². The van der Waals surface area contributed by atoms with Crippen LogP contribution in [0.4, 0.5) is 10.1 Å². The summed E-state index contributed by atoms with van der Waals surface area (Å²) in [6, 6.07) is 11.3. The van der Waals surface area contributed by atoms with Gasteiger partial charge in [-0.05, 0) is 44.2 Å². The number of nitrogens with one attached hydrogen (secondary N) is 1. The van der Waals surface area contributed by atoms with Crippen molar-refractivity contribution in [3.8, 4) is 11.5 Å². The highest BCUT2D eigenvalue weighted by molar-refractivity contribution is 7.99. The van der Waals surface area contributed by atoms with Crippen molar-refractivity contribution in [1.29, 1.82) is 0 Å². The second-order valence-electron chi connectivity index (χ2n) is 6.49. The normalized spacial score (nSPS) is 11.8. The zero-order valence-corrected chi connectivity index (χ0v) is 18.8. The molecule has 31 heavy (non-hydrogen) atoms. The van der Waals surface area contributed by atoms with Gasteiger partial charge in [0.05, 0.1) is 17.9 Å². The van der Waals surface area contributed by atoms with Gasteiger partial charge in [0.15, 0.2) is 17.1 Å². The number of benzene rings is 2. The molecule has 0 aliphatic carbocycles. The molecule has 0 aliphatic rings. The monoisotopic (exact) mass is 464 g/mol. The fourth-order valence-electron chi connectivity index (χ4n) is 2.84. The summed E-state index contributed by atoms with van der Waals surface area (Å²) < 4.78 is 26.4. The number of ether oxygens (including phenoxy) is 2. The van der Waals surface area contributed by atoms with Crippen LogP contribution in [0.25, 0.3) is 0 Å². The van der Waals surface area contributed by atoms with Crippen LogP contribution in [0, 0.1) is 5.82 Å². The number of hydrogen-bond donors (Lipinski definition) is 1. The van der Waals surface area contributed by atoms with Crippen molar-refractivity contribution in [2.45, 2.75) is 31.7 Å². The predicted molar refractivity (Wildman–Crippen MR) is 118 cm³/mol. The minimum atomic E-state index is -0.539. The summed E-state index contributed by atoms with van der Waals surface area (Å²) >= 11 is 7.00. The first kappa shape index (κ1) is 22.9. The fourth-order valence-corrected chi connectivity index (χ4v) is 3.83. The van der Waals surface area contributed by atoms with E-state index in [4.69, 9.17) is 21.1 Å². The zero-order valence-electron chi connectivity index (χ0n) is 17.3. The van der Waals surface area contributed by atoms with Gasteiger partial charge in [0.1, 0.15) is 17.3 Å². The minimum Gasteiger partial charge on any atom is -0.497 e. The van der Waals surface area contributed by atoms with Gasteiger partial charge >= 0.3 is 0 Å². The van der Waals surface area contributed by atoms with Gasteiger partial charge in [0.2, 0.25) is 5.91 Å². The summed E-state index contributed by atoms with van der Waals surface area (Å²) in [5.41, 5.74) is 0.426. The van der Waals surface area contributed by atoms with Crippen molar-refractivity contribution in [2.24, 2.45) is 0 Å². The number of nitrogens with zero attached hydrogens (tertiary/aromatic N) is 3.